The molecular weight excluding hydrogens is 172 g/mol. The van der Waals surface area contributed by atoms with E-state index in [9.17, 15) is 4.79 Å². The highest BCUT2D eigenvalue weighted by atomic mass is 16.5. The SMILES string of the molecule is CCOC(=O)c1ccc(NO)nc1. The highest BCUT2D eigenvalue weighted by Crippen LogP contribution is 2.04. The van der Waals surface area contributed by atoms with Gasteiger partial charge in [0.15, 0.2) is 0 Å². The van der Waals surface area contributed by atoms with Crippen molar-refractivity contribution >= 4 is 11.8 Å². The molecule has 0 radical (unpaired) electrons. The molecule has 5 heteroatoms. The van der Waals surface area contributed by atoms with Gasteiger partial charge in [-0.1, -0.05) is 0 Å². The Kier molecular flexibility index (Phi) is 3.22. The number of nitrogens with one attached hydrogen (secondary N) is 1. The van der Waals surface area contributed by atoms with Crippen LogP contribution in [0.4, 0.5) is 5.82 Å². The molecule has 0 aliphatic heterocycles. The molecule has 0 aliphatic carbocycles. The zero-order valence-electron chi connectivity index (χ0n) is 7.15. The molecule has 1 aromatic heterocycles. The molecule has 1 heterocycles. The van der Waals surface area contributed by atoms with Crippen molar-refractivity contribution in [2.24, 2.45) is 0 Å². The summed E-state index contributed by atoms with van der Waals surface area (Å²) in [5.41, 5.74) is 2.22. The van der Waals surface area contributed by atoms with Crippen molar-refractivity contribution in [3.05, 3.63) is 23.9 Å². The summed E-state index contributed by atoms with van der Waals surface area (Å²) in [5.74, 6) is -0.132. The lowest BCUT2D eigenvalue weighted by Crippen LogP contribution is -2.05. The molecule has 0 atom stereocenters. The van der Waals surface area contributed by atoms with E-state index in [1.165, 1.54) is 18.3 Å². The lowest BCUT2D eigenvalue weighted by atomic mass is 10.3. The molecule has 1 aromatic rings. The van der Waals surface area contributed by atoms with Crippen LogP contribution < -0.4 is 5.48 Å². The number of carbonyl (C=O) groups excluding carboxylic acids is 1. The van der Waals surface area contributed by atoms with E-state index in [4.69, 9.17) is 9.94 Å². The molecule has 13 heavy (non-hydrogen) atoms. The summed E-state index contributed by atoms with van der Waals surface area (Å²) in [6.07, 6.45) is 1.33. The summed E-state index contributed by atoms with van der Waals surface area (Å²) in [5, 5.41) is 8.44. The highest BCUT2D eigenvalue weighted by molar-refractivity contribution is 5.89. The Labute approximate surface area is 75.3 Å². The molecule has 70 valence electrons. The predicted octanol–water partition coefficient (Wildman–Crippen LogP) is 1.06. The van der Waals surface area contributed by atoms with Crippen molar-refractivity contribution < 1.29 is 14.7 Å². The minimum atomic E-state index is -0.417. The summed E-state index contributed by atoms with van der Waals surface area (Å²) in [7, 11) is 0. The monoisotopic (exact) mass is 182 g/mol. The van der Waals surface area contributed by atoms with Crippen molar-refractivity contribution in [2.75, 3.05) is 12.1 Å². The standard InChI is InChI=1S/C8H10N2O3/c1-2-13-8(11)6-3-4-7(10-12)9-5-6/h3-5,12H,2H2,1H3,(H,9,10). The molecule has 0 saturated carbocycles. The van der Waals surface area contributed by atoms with Crippen molar-refractivity contribution in [1.29, 1.82) is 0 Å². The summed E-state index contributed by atoms with van der Waals surface area (Å²) in [4.78, 5) is 14.8. The van der Waals surface area contributed by atoms with Crippen LogP contribution >= 0.6 is 0 Å². The molecule has 0 aromatic carbocycles. The van der Waals surface area contributed by atoms with E-state index in [1.807, 2.05) is 5.48 Å². The van der Waals surface area contributed by atoms with Gasteiger partial charge in [0.1, 0.15) is 5.82 Å². The number of rotatable bonds is 3. The Morgan fingerprint density at radius 1 is 1.69 bits per heavy atom. The van der Waals surface area contributed by atoms with Crippen molar-refractivity contribution in [2.45, 2.75) is 6.92 Å². The van der Waals surface area contributed by atoms with Crippen LogP contribution in [0.2, 0.25) is 0 Å². The Morgan fingerprint density at radius 2 is 2.46 bits per heavy atom. The first-order valence-electron chi connectivity index (χ1n) is 3.81. The second-order valence-corrected chi connectivity index (χ2v) is 2.26. The Hall–Kier alpha value is -1.62. The fraction of sp³-hybridized carbons (Fsp3) is 0.250. The number of ether oxygens (including phenoxy) is 1. The first-order valence-corrected chi connectivity index (χ1v) is 3.81. The predicted molar refractivity (Wildman–Crippen MR) is 45.6 cm³/mol. The summed E-state index contributed by atoms with van der Waals surface area (Å²) in [6, 6.07) is 3.00. The van der Waals surface area contributed by atoms with Crippen LogP contribution in [-0.4, -0.2) is 22.8 Å². The van der Waals surface area contributed by atoms with Gasteiger partial charge in [0.25, 0.3) is 0 Å². The molecule has 2 N–H and O–H groups in total. The lowest BCUT2D eigenvalue weighted by molar-refractivity contribution is 0.0526. The fourth-order valence-corrected chi connectivity index (χ4v) is 0.795. The van der Waals surface area contributed by atoms with E-state index < -0.39 is 5.97 Å². The van der Waals surface area contributed by atoms with E-state index in [2.05, 4.69) is 4.98 Å². The number of nitrogens with zero attached hydrogens (tertiary/aromatic N) is 1. The van der Waals surface area contributed by atoms with Crippen LogP contribution in [-0.2, 0) is 4.74 Å². The van der Waals surface area contributed by atoms with Gasteiger partial charge in [0.05, 0.1) is 12.2 Å². The van der Waals surface area contributed by atoms with Crippen molar-refractivity contribution in [1.82, 2.24) is 4.98 Å². The topological polar surface area (TPSA) is 71.5 Å². The van der Waals surface area contributed by atoms with Gasteiger partial charge < -0.3 is 4.74 Å². The minimum Gasteiger partial charge on any atom is -0.462 e. The first kappa shape index (κ1) is 9.47. The van der Waals surface area contributed by atoms with E-state index in [0.29, 0.717) is 12.2 Å². The van der Waals surface area contributed by atoms with Crippen LogP contribution in [0.1, 0.15) is 17.3 Å². The molecule has 0 amide bonds. The normalized spacial score (nSPS) is 9.38. The van der Waals surface area contributed by atoms with Gasteiger partial charge in [-0.25, -0.2) is 9.78 Å². The van der Waals surface area contributed by atoms with Gasteiger partial charge in [-0.05, 0) is 19.1 Å². The van der Waals surface area contributed by atoms with Gasteiger partial charge in [-0.15, -0.1) is 0 Å². The number of pyridine rings is 1. The van der Waals surface area contributed by atoms with Crippen LogP contribution in [0.25, 0.3) is 0 Å². The van der Waals surface area contributed by atoms with E-state index in [1.54, 1.807) is 6.92 Å². The Bertz CT molecular complexity index is 284. The van der Waals surface area contributed by atoms with Crippen molar-refractivity contribution in [3.63, 3.8) is 0 Å². The fourth-order valence-electron chi connectivity index (χ4n) is 0.795. The average Bonchev–Trinajstić information content (AvgIpc) is 2.18. The maximum atomic E-state index is 11.1. The lowest BCUT2D eigenvalue weighted by Gasteiger charge is -2.01. The largest absolute Gasteiger partial charge is 0.462 e. The van der Waals surface area contributed by atoms with Gasteiger partial charge in [-0.2, -0.15) is 0 Å². The Balaban J connectivity index is 2.74. The number of hydrogen-bond acceptors (Lipinski definition) is 5. The smallest absolute Gasteiger partial charge is 0.339 e. The Morgan fingerprint density at radius 3 is 2.92 bits per heavy atom. The molecule has 0 fully saturated rings. The third-order valence-corrected chi connectivity index (χ3v) is 1.39. The third-order valence-electron chi connectivity index (χ3n) is 1.39. The molecule has 0 aliphatic rings. The second-order valence-electron chi connectivity index (χ2n) is 2.26. The number of hydrogen-bond donors (Lipinski definition) is 2. The number of anilines is 1. The van der Waals surface area contributed by atoms with E-state index in [-0.39, 0.29) is 5.82 Å². The number of aromatic nitrogens is 1. The molecule has 0 saturated heterocycles. The molecular formula is C8H10N2O3. The quantitative estimate of drug-likeness (QED) is 0.540. The maximum Gasteiger partial charge on any atom is 0.339 e. The summed E-state index contributed by atoms with van der Waals surface area (Å²) >= 11 is 0. The van der Waals surface area contributed by atoms with Gasteiger partial charge in [0.2, 0.25) is 0 Å². The van der Waals surface area contributed by atoms with Crippen LogP contribution in [0, 0.1) is 0 Å². The molecule has 0 unspecified atom stereocenters. The van der Waals surface area contributed by atoms with Crippen LogP contribution in [0.3, 0.4) is 0 Å². The van der Waals surface area contributed by atoms with Crippen molar-refractivity contribution in [3.8, 4) is 0 Å². The second kappa shape index (κ2) is 4.42. The van der Waals surface area contributed by atoms with Crippen LogP contribution in [0.15, 0.2) is 18.3 Å². The maximum absolute atomic E-state index is 11.1. The molecule has 1 rings (SSSR count). The summed E-state index contributed by atoms with van der Waals surface area (Å²) in [6.45, 7) is 2.06. The minimum absolute atomic E-state index is 0.285. The molecule has 5 nitrogen and oxygen atoms in total. The molecule has 0 spiro atoms. The third kappa shape index (κ3) is 2.41. The van der Waals surface area contributed by atoms with Gasteiger partial charge in [0, 0.05) is 6.20 Å². The zero-order chi connectivity index (χ0) is 9.68. The zero-order valence-corrected chi connectivity index (χ0v) is 7.15. The highest BCUT2D eigenvalue weighted by Gasteiger charge is 2.05. The van der Waals surface area contributed by atoms with E-state index in [0.717, 1.165) is 0 Å². The number of carbonyl (C=O) groups is 1. The van der Waals surface area contributed by atoms with E-state index >= 15 is 0 Å². The molecule has 0 bridgehead atoms. The first-order chi connectivity index (χ1) is 6.27. The van der Waals surface area contributed by atoms with Crippen LogP contribution in [0.5, 0.6) is 0 Å². The van der Waals surface area contributed by atoms with Gasteiger partial charge >= 0.3 is 5.97 Å². The average molecular weight is 182 g/mol. The van der Waals surface area contributed by atoms with Gasteiger partial charge in [-0.3, -0.25) is 10.7 Å². The number of esters is 1. The summed E-state index contributed by atoms with van der Waals surface area (Å²) < 4.78 is 4.74.